The van der Waals surface area contributed by atoms with Crippen molar-refractivity contribution >= 4 is 17.6 Å². The summed E-state index contributed by atoms with van der Waals surface area (Å²) < 4.78 is 2.10. The minimum atomic E-state index is -0.796. The number of hydrogen-bond acceptors (Lipinski definition) is 2. The van der Waals surface area contributed by atoms with Crippen molar-refractivity contribution in [2.45, 2.75) is 45.1 Å². The van der Waals surface area contributed by atoms with Crippen molar-refractivity contribution in [3.05, 3.63) is 16.7 Å². The molecule has 0 radical (unpaired) electrons. The lowest BCUT2D eigenvalue weighted by Crippen LogP contribution is -2.15. The van der Waals surface area contributed by atoms with Gasteiger partial charge in [0.05, 0.1) is 12.1 Å². The van der Waals surface area contributed by atoms with Gasteiger partial charge in [-0.15, -0.1) is 0 Å². The third-order valence-corrected chi connectivity index (χ3v) is 3.30. The first-order valence-corrected chi connectivity index (χ1v) is 5.94. The first-order valence-electron chi connectivity index (χ1n) is 5.56. The molecule has 1 unspecified atom stereocenters. The molecule has 0 amide bonds. The molecule has 16 heavy (non-hydrogen) atoms. The van der Waals surface area contributed by atoms with E-state index < -0.39 is 5.97 Å². The van der Waals surface area contributed by atoms with E-state index in [0.717, 1.165) is 37.3 Å². The summed E-state index contributed by atoms with van der Waals surface area (Å²) in [6, 6.07) is 0. The molecular formula is C11H15ClN2O2. The molecule has 5 heteroatoms. The Labute approximate surface area is 99.2 Å². The Balaban J connectivity index is 2.32. The summed E-state index contributed by atoms with van der Waals surface area (Å²) in [7, 11) is 0. The fourth-order valence-corrected chi connectivity index (χ4v) is 2.69. The third kappa shape index (κ3) is 2.07. The largest absolute Gasteiger partial charge is 0.481 e. The number of nitrogens with zero attached hydrogens (tertiary/aromatic N) is 2. The van der Waals surface area contributed by atoms with Crippen molar-refractivity contribution in [2.75, 3.05) is 0 Å². The number of carbonyl (C=O) groups is 1. The maximum Gasteiger partial charge on any atom is 0.304 e. The molecule has 0 aromatic carbocycles. The van der Waals surface area contributed by atoms with Crippen LogP contribution in [0.3, 0.4) is 0 Å². The van der Waals surface area contributed by atoms with Crippen LogP contribution in [0.25, 0.3) is 0 Å². The van der Waals surface area contributed by atoms with Gasteiger partial charge in [0.15, 0.2) is 5.15 Å². The van der Waals surface area contributed by atoms with E-state index in [1.165, 1.54) is 0 Å². The van der Waals surface area contributed by atoms with Gasteiger partial charge in [-0.3, -0.25) is 4.79 Å². The highest BCUT2D eigenvalue weighted by atomic mass is 35.5. The van der Waals surface area contributed by atoms with Crippen LogP contribution >= 0.6 is 11.6 Å². The van der Waals surface area contributed by atoms with E-state index in [4.69, 9.17) is 16.7 Å². The second kappa shape index (κ2) is 4.45. The lowest BCUT2D eigenvalue weighted by atomic mass is 10.0. The van der Waals surface area contributed by atoms with Crippen LogP contribution in [0, 0.1) is 0 Å². The topological polar surface area (TPSA) is 55.1 Å². The first kappa shape index (κ1) is 11.5. The van der Waals surface area contributed by atoms with Crippen LogP contribution in [0.1, 0.15) is 43.6 Å². The lowest BCUT2D eigenvalue weighted by molar-refractivity contribution is -0.137. The molecule has 0 saturated heterocycles. The molecule has 1 aliphatic heterocycles. The van der Waals surface area contributed by atoms with Crippen molar-refractivity contribution in [3.63, 3.8) is 0 Å². The standard InChI is InChI=1S/C11H15ClN2O2/c1-7(6-9(15)16)10-11(12)13-8-4-2-3-5-14(8)10/h7H,2-6H2,1H3,(H,15,16). The highest BCUT2D eigenvalue weighted by Gasteiger charge is 2.23. The predicted octanol–water partition coefficient (Wildman–Crippen LogP) is 2.45. The molecule has 0 saturated carbocycles. The van der Waals surface area contributed by atoms with Gasteiger partial charge in [0.2, 0.25) is 0 Å². The lowest BCUT2D eigenvalue weighted by Gasteiger charge is -2.18. The summed E-state index contributed by atoms with van der Waals surface area (Å²) in [5.74, 6) is 0.128. The molecular weight excluding hydrogens is 228 g/mol. The molecule has 0 spiro atoms. The Kier molecular flexibility index (Phi) is 3.19. The number of halogens is 1. The van der Waals surface area contributed by atoms with E-state index >= 15 is 0 Å². The Morgan fingerprint density at radius 3 is 3.06 bits per heavy atom. The zero-order chi connectivity index (χ0) is 11.7. The average molecular weight is 243 g/mol. The quantitative estimate of drug-likeness (QED) is 0.886. The molecule has 4 nitrogen and oxygen atoms in total. The number of carboxylic acid groups (broad SMARTS) is 1. The monoisotopic (exact) mass is 242 g/mol. The van der Waals surface area contributed by atoms with Crippen molar-refractivity contribution in [2.24, 2.45) is 0 Å². The van der Waals surface area contributed by atoms with Gasteiger partial charge in [-0.1, -0.05) is 18.5 Å². The molecule has 2 heterocycles. The van der Waals surface area contributed by atoms with Crippen molar-refractivity contribution in [1.82, 2.24) is 9.55 Å². The summed E-state index contributed by atoms with van der Waals surface area (Å²) in [6.45, 7) is 2.80. The van der Waals surface area contributed by atoms with Crippen LogP contribution in [-0.2, 0) is 17.8 Å². The van der Waals surface area contributed by atoms with Crippen LogP contribution in [0.15, 0.2) is 0 Å². The van der Waals surface area contributed by atoms with E-state index in [0.29, 0.717) is 5.15 Å². The second-order valence-corrected chi connectivity index (χ2v) is 4.67. The van der Waals surface area contributed by atoms with Gasteiger partial charge >= 0.3 is 5.97 Å². The Morgan fingerprint density at radius 2 is 2.38 bits per heavy atom. The van der Waals surface area contributed by atoms with E-state index in [1.54, 1.807) is 0 Å². The smallest absolute Gasteiger partial charge is 0.304 e. The number of aromatic nitrogens is 2. The number of aliphatic carboxylic acids is 1. The molecule has 88 valence electrons. The highest BCUT2D eigenvalue weighted by molar-refractivity contribution is 6.30. The number of imidazole rings is 1. The van der Waals surface area contributed by atoms with Gasteiger partial charge in [0, 0.05) is 18.9 Å². The zero-order valence-corrected chi connectivity index (χ0v) is 10.00. The molecule has 0 aliphatic carbocycles. The van der Waals surface area contributed by atoms with Gasteiger partial charge in [0.25, 0.3) is 0 Å². The maximum atomic E-state index is 10.7. The van der Waals surface area contributed by atoms with Gasteiger partial charge in [-0.05, 0) is 12.8 Å². The van der Waals surface area contributed by atoms with E-state index in [-0.39, 0.29) is 12.3 Å². The van der Waals surface area contributed by atoms with E-state index in [9.17, 15) is 4.79 Å². The van der Waals surface area contributed by atoms with Crippen molar-refractivity contribution in [3.8, 4) is 0 Å². The van der Waals surface area contributed by atoms with E-state index in [2.05, 4.69) is 9.55 Å². The number of aryl methyl sites for hydroxylation is 1. The molecule has 1 aromatic rings. The van der Waals surface area contributed by atoms with Crippen LogP contribution in [0.4, 0.5) is 0 Å². The van der Waals surface area contributed by atoms with Gasteiger partial charge in [-0.2, -0.15) is 0 Å². The minimum absolute atomic E-state index is 0.0793. The summed E-state index contributed by atoms with van der Waals surface area (Å²) in [5, 5.41) is 9.28. The second-order valence-electron chi connectivity index (χ2n) is 4.31. The molecule has 1 atom stereocenters. The molecule has 1 aliphatic rings. The summed E-state index contributed by atoms with van der Waals surface area (Å²) in [4.78, 5) is 15.0. The van der Waals surface area contributed by atoms with Crippen LogP contribution in [0.2, 0.25) is 5.15 Å². The maximum absolute atomic E-state index is 10.7. The molecule has 2 rings (SSSR count). The molecule has 0 fully saturated rings. The molecule has 1 aromatic heterocycles. The summed E-state index contributed by atoms with van der Waals surface area (Å²) in [5.41, 5.74) is 0.888. The summed E-state index contributed by atoms with van der Waals surface area (Å²) in [6.07, 6.45) is 3.30. The number of rotatable bonds is 3. The average Bonchev–Trinajstić information content (AvgIpc) is 2.52. The predicted molar refractivity (Wildman–Crippen MR) is 60.8 cm³/mol. The third-order valence-electron chi connectivity index (χ3n) is 3.02. The summed E-state index contributed by atoms with van der Waals surface area (Å²) >= 11 is 6.09. The van der Waals surface area contributed by atoms with E-state index in [1.807, 2.05) is 6.92 Å². The highest BCUT2D eigenvalue weighted by Crippen LogP contribution is 2.30. The fourth-order valence-electron chi connectivity index (χ4n) is 2.30. The van der Waals surface area contributed by atoms with Crippen molar-refractivity contribution in [1.29, 1.82) is 0 Å². The van der Waals surface area contributed by atoms with Crippen LogP contribution < -0.4 is 0 Å². The minimum Gasteiger partial charge on any atom is -0.481 e. The Morgan fingerprint density at radius 1 is 1.62 bits per heavy atom. The SMILES string of the molecule is CC(CC(=O)O)c1c(Cl)nc2n1CCCC2. The van der Waals surface area contributed by atoms with Crippen LogP contribution in [-0.4, -0.2) is 20.6 Å². The van der Waals surface area contributed by atoms with Gasteiger partial charge in [-0.25, -0.2) is 4.98 Å². The first-order chi connectivity index (χ1) is 7.59. The Bertz CT molecular complexity index is 414. The molecule has 1 N–H and O–H groups in total. The normalized spacial score (nSPS) is 16.9. The molecule has 0 bridgehead atoms. The fraction of sp³-hybridized carbons (Fsp3) is 0.636. The van der Waals surface area contributed by atoms with Gasteiger partial charge < -0.3 is 9.67 Å². The number of carboxylic acids is 1. The van der Waals surface area contributed by atoms with Crippen molar-refractivity contribution < 1.29 is 9.90 Å². The van der Waals surface area contributed by atoms with Gasteiger partial charge in [0.1, 0.15) is 5.82 Å². The Hall–Kier alpha value is -1.03. The zero-order valence-electron chi connectivity index (χ0n) is 9.24. The van der Waals surface area contributed by atoms with Crippen LogP contribution in [0.5, 0.6) is 0 Å². The number of hydrogen-bond donors (Lipinski definition) is 1. The number of fused-ring (bicyclic) bond motifs is 1.